The van der Waals surface area contributed by atoms with Crippen molar-refractivity contribution in [2.45, 2.75) is 31.7 Å². The first-order valence-electron chi connectivity index (χ1n) is 7.31. The van der Waals surface area contributed by atoms with Gasteiger partial charge in [0.2, 0.25) is 0 Å². The Labute approximate surface area is 119 Å². The molecule has 0 spiro atoms. The molecule has 1 amide bonds. The minimum atomic E-state index is -0.0338. The van der Waals surface area contributed by atoms with Gasteiger partial charge in [-0.2, -0.15) is 0 Å². The van der Waals surface area contributed by atoms with Gasteiger partial charge in [0.05, 0.1) is 7.11 Å². The fraction of sp³-hybridized carbons (Fsp3) is 0.562. The standard InChI is InChI=1S/C16H21NO3/c1-19-14-4-2-3-5-15(14)20-10-16(18)17-13-9-11-6-7-12(13)8-11/h2-5,11-13H,6-10H2,1H3,(H,17,18)/t11-,12+,13-/m1/s1. The van der Waals surface area contributed by atoms with E-state index in [1.165, 1.54) is 19.3 Å². The third-order valence-electron chi connectivity index (χ3n) is 4.51. The summed E-state index contributed by atoms with van der Waals surface area (Å²) in [7, 11) is 1.59. The van der Waals surface area contributed by atoms with Crippen LogP contribution in [-0.2, 0) is 4.79 Å². The van der Waals surface area contributed by atoms with Crippen molar-refractivity contribution in [2.75, 3.05) is 13.7 Å². The smallest absolute Gasteiger partial charge is 0.258 e. The fourth-order valence-corrected chi connectivity index (χ4v) is 3.55. The van der Waals surface area contributed by atoms with E-state index in [4.69, 9.17) is 9.47 Å². The Morgan fingerprint density at radius 1 is 1.25 bits per heavy atom. The fourth-order valence-electron chi connectivity index (χ4n) is 3.55. The highest BCUT2D eigenvalue weighted by molar-refractivity contribution is 5.78. The number of ether oxygens (including phenoxy) is 2. The van der Waals surface area contributed by atoms with Crippen LogP contribution in [0.3, 0.4) is 0 Å². The first-order valence-corrected chi connectivity index (χ1v) is 7.31. The Balaban J connectivity index is 1.50. The minimum Gasteiger partial charge on any atom is -0.493 e. The summed E-state index contributed by atoms with van der Waals surface area (Å²) in [4.78, 5) is 12.0. The van der Waals surface area contributed by atoms with Crippen molar-refractivity contribution in [1.82, 2.24) is 5.32 Å². The van der Waals surface area contributed by atoms with Crippen LogP contribution in [0.25, 0.3) is 0 Å². The van der Waals surface area contributed by atoms with Crippen molar-refractivity contribution in [3.8, 4) is 11.5 Å². The maximum absolute atomic E-state index is 12.0. The maximum Gasteiger partial charge on any atom is 0.258 e. The van der Waals surface area contributed by atoms with Crippen molar-refractivity contribution >= 4 is 5.91 Å². The highest BCUT2D eigenvalue weighted by Gasteiger charge is 2.40. The van der Waals surface area contributed by atoms with Crippen LogP contribution in [0.1, 0.15) is 25.7 Å². The second-order valence-electron chi connectivity index (χ2n) is 5.79. The molecule has 2 fully saturated rings. The van der Waals surface area contributed by atoms with Crippen LogP contribution in [0, 0.1) is 11.8 Å². The van der Waals surface area contributed by atoms with E-state index in [0.717, 1.165) is 12.3 Å². The molecule has 2 saturated carbocycles. The number of hydrogen-bond acceptors (Lipinski definition) is 3. The van der Waals surface area contributed by atoms with E-state index in [1.54, 1.807) is 7.11 Å². The lowest BCUT2D eigenvalue weighted by molar-refractivity contribution is -0.124. The summed E-state index contributed by atoms with van der Waals surface area (Å²) in [6.07, 6.45) is 5.04. The molecular formula is C16H21NO3. The molecule has 0 aromatic heterocycles. The monoisotopic (exact) mass is 275 g/mol. The van der Waals surface area contributed by atoms with Crippen molar-refractivity contribution in [3.63, 3.8) is 0 Å². The molecule has 3 rings (SSSR count). The van der Waals surface area contributed by atoms with Gasteiger partial charge in [0.25, 0.3) is 5.91 Å². The highest BCUT2D eigenvalue weighted by atomic mass is 16.5. The molecule has 3 atom stereocenters. The summed E-state index contributed by atoms with van der Waals surface area (Å²) in [6, 6.07) is 7.74. The van der Waals surface area contributed by atoms with E-state index in [-0.39, 0.29) is 12.5 Å². The number of amides is 1. The molecular weight excluding hydrogens is 254 g/mol. The molecule has 4 nitrogen and oxygen atoms in total. The normalized spacial score (nSPS) is 27.4. The first-order chi connectivity index (χ1) is 9.76. The summed E-state index contributed by atoms with van der Waals surface area (Å²) in [5.74, 6) is 2.75. The number of para-hydroxylation sites is 2. The summed E-state index contributed by atoms with van der Waals surface area (Å²) in [5, 5.41) is 3.11. The highest BCUT2D eigenvalue weighted by Crippen LogP contribution is 2.44. The van der Waals surface area contributed by atoms with Gasteiger partial charge in [-0.05, 0) is 43.2 Å². The van der Waals surface area contributed by atoms with E-state index in [1.807, 2.05) is 24.3 Å². The average Bonchev–Trinajstić information content (AvgIpc) is 3.08. The zero-order valence-corrected chi connectivity index (χ0v) is 11.8. The van der Waals surface area contributed by atoms with E-state index >= 15 is 0 Å². The molecule has 0 heterocycles. The van der Waals surface area contributed by atoms with E-state index in [9.17, 15) is 4.79 Å². The molecule has 1 aromatic rings. The average molecular weight is 275 g/mol. The summed E-state index contributed by atoms with van der Waals surface area (Å²) >= 11 is 0. The van der Waals surface area contributed by atoms with E-state index in [2.05, 4.69) is 5.32 Å². The van der Waals surface area contributed by atoms with Gasteiger partial charge in [-0.3, -0.25) is 4.79 Å². The van der Waals surface area contributed by atoms with Gasteiger partial charge in [-0.15, -0.1) is 0 Å². The van der Waals surface area contributed by atoms with Gasteiger partial charge in [0.15, 0.2) is 18.1 Å². The molecule has 108 valence electrons. The van der Waals surface area contributed by atoms with Crippen molar-refractivity contribution in [3.05, 3.63) is 24.3 Å². The second kappa shape index (κ2) is 5.73. The number of hydrogen-bond donors (Lipinski definition) is 1. The Kier molecular flexibility index (Phi) is 3.81. The second-order valence-corrected chi connectivity index (χ2v) is 5.79. The molecule has 0 saturated heterocycles. The summed E-state index contributed by atoms with van der Waals surface area (Å²) in [5.41, 5.74) is 0. The molecule has 0 radical (unpaired) electrons. The van der Waals surface area contributed by atoms with Gasteiger partial charge in [0, 0.05) is 6.04 Å². The molecule has 1 aromatic carbocycles. The van der Waals surface area contributed by atoms with Crippen LogP contribution in [-0.4, -0.2) is 25.7 Å². The van der Waals surface area contributed by atoms with Crippen molar-refractivity contribution < 1.29 is 14.3 Å². The van der Waals surface area contributed by atoms with Crippen LogP contribution in [0.4, 0.5) is 0 Å². The Bertz CT molecular complexity index is 488. The third-order valence-corrected chi connectivity index (χ3v) is 4.51. The van der Waals surface area contributed by atoms with Crippen LogP contribution >= 0.6 is 0 Å². The Hall–Kier alpha value is -1.71. The van der Waals surface area contributed by atoms with Crippen LogP contribution in [0.5, 0.6) is 11.5 Å². The van der Waals surface area contributed by atoms with Gasteiger partial charge in [-0.1, -0.05) is 18.6 Å². The zero-order valence-electron chi connectivity index (χ0n) is 11.8. The number of carbonyl (C=O) groups excluding carboxylic acids is 1. The predicted molar refractivity (Wildman–Crippen MR) is 75.9 cm³/mol. The van der Waals surface area contributed by atoms with Gasteiger partial charge in [-0.25, -0.2) is 0 Å². The number of methoxy groups -OCH3 is 1. The van der Waals surface area contributed by atoms with Crippen LogP contribution in [0.15, 0.2) is 24.3 Å². The SMILES string of the molecule is COc1ccccc1OCC(=O)N[C@@H]1C[C@@H]2CC[C@H]1C2. The number of rotatable bonds is 5. The van der Waals surface area contributed by atoms with Crippen LogP contribution < -0.4 is 14.8 Å². The molecule has 2 aliphatic carbocycles. The number of nitrogens with one attached hydrogen (secondary N) is 1. The Morgan fingerprint density at radius 3 is 2.70 bits per heavy atom. The quantitative estimate of drug-likeness (QED) is 0.897. The maximum atomic E-state index is 12.0. The molecule has 20 heavy (non-hydrogen) atoms. The Morgan fingerprint density at radius 2 is 2.05 bits per heavy atom. The molecule has 0 unspecified atom stereocenters. The summed E-state index contributed by atoms with van der Waals surface area (Å²) in [6.45, 7) is 0.0499. The topological polar surface area (TPSA) is 47.6 Å². The third kappa shape index (κ3) is 2.74. The van der Waals surface area contributed by atoms with Gasteiger partial charge >= 0.3 is 0 Å². The lowest BCUT2D eigenvalue weighted by Crippen LogP contribution is -2.40. The summed E-state index contributed by atoms with van der Waals surface area (Å²) < 4.78 is 10.7. The minimum absolute atomic E-state index is 0.0338. The number of benzene rings is 1. The van der Waals surface area contributed by atoms with Gasteiger partial charge in [0.1, 0.15) is 0 Å². The molecule has 1 N–H and O–H groups in total. The lowest BCUT2D eigenvalue weighted by Gasteiger charge is -2.22. The largest absolute Gasteiger partial charge is 0.493 e. The zero-order chi connectivity index (χ0) is 13.9. The number of fused-ring (bicyclic) bond motifs is 2. The number of carbonyl (C=O) groups is 1. The molecule has 2 bridgehead atoms. The lowest BCUT2D eigenvalue weighted by atomic mass is 9.95. The molecule has 0 aliphatic heterocycles. The molecule has 4 heteroatoms. The molecule has 2 aliphatic rings. The van der Waals surface area contributed by atoms with Crippen molar-refractivity contribution in [1.29, 1.82) is 0 Å². The predicted octanol–water partition coefficient (Wildman–Crippen LogP) is 2.38. The van der Waals surface area contributed by atoms with Crippen molar-refractivity contribution in [2.24, 2.45) is 11.8 Å². The van der Waals surface area contributed by atoms with E-state index in [0.29, 0.717) is 23.5 Å². The first kappa shape index (κ1) is 13.3. The van der Waals surface area contributed by atoms with Gasteiger partial charge < -0.3 is 14.8 Å². The van der Waals surface area contributed by atoms with Crippen LogP contribution in [0.2, 0.25) is 0 Å². The van der Waals surface area contributed by atoms with E-state index < -0.39 is 0 Å².